The monoisotopic (exact) mass is 503 g/mol. The minimum Gasteiger partial charge on any atom is -0.459 e. The normalized spacial score (nSPS) is 10.7. The number of carbonyl (C=O) groups is 1. The molecular formula is C22H19BrClN3O2S. The fraction of sp³-hybridized carbons (Fsp3) is 0.136. The van der Waals surface area contributed by atoms with Crippen LogP contribution < -0.4 is 5.32 Å². The Hall–Kier alpha value is -2.48. The van der Waals surface area contributed by atoms with Crippen molar-refractivity contribution < 1.29 is 9.53 Å². The molecule has 0 fully saturated rings. The molecule has 0 bridgehead atoms. The predicted molar refractivity (Wildman–Crippen MR) is 128 cm³/mol. The Morgan fingerprint density at radius 1 is 1.07 bits per heavy atom. The zero-order valence-corrected chi connectivity index (χ0v) is 19.5. The first-order valence-corrected chi connectivity index (χ1v) is 10.7. The van der Waals surface area contributed by atoms with Crippen LogP contribution in [0.5, 0.6) is 0 Å². The number of nitrogens with zero attached hydrogens (tertiary/aromatic N) is 2. The highest BCUT2D eigenvalue weighted by Gasteiger charge is 2.14. The van der Waals surface area contributed by atoms with Gasteiger partial charge in [-0.25, -0.2) is 14.8 Å². The van der Waals surface area contributed by atoms with Crippen LogP contribution in [0.25, 0.3) is 21.3 Å². The first-order valence-electron chi connectivity index (χ1n) is 9.07. The van der Waals surface area contributed by atoms with Gasteiger partial charge in [0.15, 0.2) is 0 Å². The third-order valence-electron chi connectivity index (χ3n) is 4.25. The fourth-order valence-electron chi connectivity index (χ4n) is 2.92. The van der Waals surface area contributed by atoms with Gasteiger partial charge in [0, 0.05) is 21.1 Å². The Bertz CT molecular complexity index is 1160. The maximum Gasteiger partial charge on any atom is 0.338 e. The number of ether oxygens (including phenoxy) is 1. The second-order valence-electron chi connectivity index (χ2n) is 6.72. The van der Waals surface area contributed by atoms with Gasteiger partial charge in [-0.3, -0.25) is 0 Å². The van der Waals surface area contributed by atoms with Gasteiger partial charge in [0.1, 0.15) is 17.0 Å². The van der Waals surface area contributed by atoms with E-state index >= 15 is 0 Å². The highest BCUT2D eigenvalue weighted by atomic mass is 79.9. The van der Waals surface area contributed by atoms with Gasteiger partial charge in [-0.15, -0.1) is 23.7 Å². The van der Waals surface area contributed by atoms with Crippen LogP contribution in [0.1, 0.15) is 24.2 Å². The number of esters is 1. The summed E-state index contributed by atoms with van der Waals surface area (Å²) >= 11 is 5.06. The lowest BCUT2D eigenvalue weighted by atomic mass is 10.1. The van der Waals surface area contributed by atoms with E-state index in [9.17, 15) is 4.79 Å². The molecule has 2 aromatic heterocycles. The first kappa shape index (κ1) is 22.2. The smallest absolute Gasteiger partial charge is 0.338 e. The molecule has 0 atom stereocenters. The van der Waals surface area contributed by atoms with Crippen LogP contribution in [-0.2, 0) is 4.74 Å². The summed E-state index contributed by atoms with van der Waals surface area (Å²) in [6.07, 6.45) is 1.41. The highest BCUT2D eigenvalue weighted by molar-refractivity contribution is 9.10. The summed E-state index contributed by atoms with van der Waals surface area (Å²) in [5, 5.41) is 6.43. The van der Waals surface area contributed by atoms with E-state index in [-0.39, 0.29) is 24.5 Å². The van der Waals surface area contributed by atoms with Gasteiger partial charge in [0.2, 0.25) is 0 Å². The molecule has 0 radical (unpaired) electrons. The molecule has 0 spiro atoms. The minimum atomic E-state index is -0.327. The van der Waals surface area contributed by atoms with Gasteiger partial charge in [0.05, 0.1) is 17.1 Å². The van der Waals surface area contributed by atoms with E-state index in [1.165, 1.54) is 0 Å². The molecule has 4 aromatic rings. The van der Waals surface area contributed by atoms with Crippen LogP contribution in [0.2, 0.25) is 0 Å². The summed E-state index contributed by atoms with van der Waals surface area (Å²) in [5.74, 6) is 0.401. The average Bonchev–Trinajstić information content (AvgIpc) is 3.14. The Morgan fingerprint density at radius 3 is 2.43 bits per heavy atom. The molecule has 2 heterocycles. The van der Waals surface area contributed by atoms with Crippen molar-refractivity contribution in [3.8, 4) is 11.1 Å². The van der Waals surface area contributed by atoms with Crippen molar-refractivity contribution in [1.29, 1.82) is 0 Å². The zero-order valence-electron chi connectivity index (χ0n) is 16.3. The topological polar surface area (TPSA) is 64.1 Å². The summed E-state index contributed by atoms with van der Waals surface area (Å²) < 4.78 is 6.27. The van der Waals surface area contributed by atoms with Crippen molar-refractivity contribution >= 4 is 67.4 Å². The lowest BCUT2D eigenvalue weighted by Crippen LogP contribution is -2.11. The molecule has 1 N–H and O–H groups in total. The Balaban J connectivity index is 0.00000256. The molecule has 154 valence electrons. The molecule has 5 nitrogen and oxygen atoms in total. The van der Waals surface area contributed by atoms with Gasteiger partial charge in [-0.05, 0) is 55.8 Å². The van der Waals surface area contributed by atoms with Crippen LogP contribution in [0.4, 0.5) is 11.5 Å². The lowest BCUT2D eigenvalue weighted by Gasteiger charge is -2.10. The highest BCUT2D eigenvalue weighted by Crippen LogP contribution is 2.37. The molecular weight excluding hydrogens is 486 g/mol. The van der Waals surface area contributed by atoms with E-state index in [1.54, 1.807) is 29.8 Å². The number of hydrogen-bond donors (Lipinski definition) is 1. The quantitative estimate of drug-likeness (QED) is 0.301. The summed E-state index contributed by atoms with van der Waals surface area (Å²) in [5.41, 5.74) is 3.53. The van der Waals surface area contributed by atoms with Crippen LogP contribution in [0.15, 0.2) is 64.7 Å². The fourth-order valence-corrected chi connectivity index (χ4v) is 4.10. The zero-order chi connectivity index (χ0) is 20.4. The van der Waals surface area contributed by atoms with Gasteiger partial charge in [0.25, 0.3) is 0 Å². The second-order valence-corrected chi connectivity index (χ2v) is 8.49. The third kappa shape index (κ3) is 4.80. The van der Waals surface area contributed by atoms with Gasteiger partial charge in [-0.1, -0.05) is 28.1 Å². The number of anilines is 2. The first-order chi connectivity index (χ1) is 14.0. The van der Waals surface area contributed by atoms with Crippen molar-refractivity contribution in [1.82, 2.24) is 9.97 Å². The number of halogens is 2. The summed E-state index contributed by atoms with van der Waals surface area (Å²) in [7, 11) is 0. The van der Waals surface area contributed by atoms with Crippen LogP contribution >= 0.6 is 39.7 Å². The van der Waals surface area contributed by atoms with E-state index in [2.05, 4.69) is 48.7 Å². The number of hydrogen-bond acceptors (Lipinski definition) is 6. The van der Waals surface area contributed by atoms with Crippen molar-refractivity contribution in [2.24, 2.45) is 0 Å². The van der Waals surface area contributed by atoms with E-state index in [0.717, 1.165) is 37.3 Å². The maximum atomic E-state index is 12.0. The number of carbonyl (C=O) groups excluding carboxylic acids is 1. The summed E-state index contributed by atoms with van der Waals surface area (Å²) in [6.45, 7) is 3.66. The Labute approximate surface area is 193 Å². The van der Waals surface area contributed by atoms with E-state index in [4.69, 9.17) is 4.74 Å². The third-order valence-corrected chi connectivity index (χ3v) is 5.67. The maximum absolute atomic E-state index is 12.0. The number of aromatic nitrogens is 2. The van der Waals surface area contributed by atoms with E-state index in [0.29, 0.717) is 5.56 Å². The molecule has 0 aliphatic carbocycles. The number of fused-ring (bicyclic) bond motifs is 1. The predicted octanol–water partition coefficient (Wildman–Crippen LogP) is 6.85. The molecule has 0 saturated carbocycles. The van der Waals surface area contributed by atoms with Gasteiger partial charge >= 0.3 is 5.97 Å². The average molecular weight is 505 g/mol. The molecule has 0 aliphatic rings. The van der Waals surface area contributed by atoms with E-state index < -0.39 is 0 Å². The molecule has 0 amide bonds. The Morgan fingerprint density at radius 2 is 1.77 bits per heavy atom. The van der Waals surface area contributed by atoms with Crippen LogP contribution in [0, 0.1) is 0 Å². The van der Waals surface area contributed by atoms with E-state index in [1.807, 2.05) is 38.1 Å². The van der Waals surface area contributed by atoms with Crippen LogP contribution in [0.3, 0.4) is 0 Å². The van der Waals surface area contributed by atoms with Crippen molar-refractivity contribution in [2.45, 2.75) is 20.0 Å². The summed E-state index contributed by atoms with van der Waals surface area (Å²) in [6, 6.07) is 15.3. The number of nitrogens with one attached hydrogen (secondary N) is 1. The molecule has 2 aromatic carbocycles. The number of rotatable bonds is 5. The van der Waals surface area contributed by atoms with Gasteiger partial charge in [-0.2, -0.15) is 0 Å². The molecule has 30 heavy (non-hydrogen) atoms. The van der Waals surface area contributed by atoms with Crippen molar-refractivity contribution in [2.75, 3.05) is 5.32 Å². The molecule has 8 heteroatoms. The summed E-state index contributed by atoms with van der Waals surface area (Å²) in [4.78, 5) is 21.8. The number of benzene rings is 2. The SMILES string of the molecule is CC(C)OC(=O)c1ccc(Nc2ncnc3scc(-c4ccc(Br)cc4)c23)cc1.Cl. The van der Waals surface area contributed by atoms with Crippen LogP contribution in [-0.4, -0.2) is 22.0 Å². The second kappa shape index (κ2) is 9.55. The van der Waals surface area contributed by atoms with Crippen molar-refractivity contribution in [3.63, 3.8) is 0 Å². The molecule has 0 unspecified atom stereocenters. The Kier molecular flexibility index (Phi) is 7.07. The largest absolute Gasteiger partial charge is 0.459 e. The molecule has 0 saturated heterocycles. The van der Waals surface area contributed by atoms with Crippen molar-refractivity contribution in [3.05, 3.63) is 70.3 Å². The number of thiophene rings is 1. The van der Waals surface area contributed by atoms with Gasteiger partial charge < -0.3 is 10.1 Å². The lowest BCUT2D eigenvalue weighted by molar-refractivity contribution is 0.0378. The minimum absolute atomic E-state index is 0. The standard InChI is InChI=1S/C22H18BrN3O2S.ClH/c1-13(2)28-22(27)15-5-9-17(10-6-15)26-20-19-18(11-29-21(19)25-12-24-20)14-3-7-16(23)8-4-14;/h3-13H,1-2H3,(H,24,25,26);1H. The molecule has 4 rings (SSSR count). The molecule has 0 aliphatic heterocycles.